The number of aryl methyl sites for hydroxylation is 1. The third-order valence-corrected chi connectivity index (χ3v) is 6.46. The van der Waals surface area contributed by atoms with Crippen LogP contribution < -0.4 is 5.32 Å². The summed E-state index contributed by atoms with van der Waals surface area (Å²) in [5.41, 5.74) is 0. The van der Waals surface area contributed by atoms with E-state index < -0.39 is 9.84 Å². The van der Waals surface area contributed by atoms with Gasteiger partial charge in [-0.15, -0.1) is 11.3 Å². The van der Waals surface area contributed by atoms with Crippen LogP contribution in [0.15, 0.2) is 6.20 Å². The zero-order valence-electron chi connectivity index (χ0n) is 9.98. The van der Waals surface area contributed by atoms with Crippen LogP contribution in [-0.4, -0.2) is 30.9 Å². The highest BCUT2D eigenvalue weighted by atomic mass is 32.2. The number of sulfone groups is 1. The van der Waals surface area contributed by atoms with Crippen LogP contribution in [0, 0.1) is 0 Å². The topological polar surface area (TPSA) is 59.1 Å². The largest absolute Gasteiger partial charge is 0.311 e. The van der Waals surface area contributed by atoms with Gasteiger partial charge < -0.3 is 5.32 Å². The number of aromatic nitrogens is 1. The first kappa shape index (κ1) is 13.0. The first-order chi connectivity index (χ1) is 8.12. The van der Waals surface area contributed by atoms with E-state index in [1.165, 1.54) is 4.88 Å². The van der Waals surface area contributed by atoms with Gasteiger partial charge in [-0.3, -0.25) is 0 Å². The van der Waals surface area contributed by atoms with Crippen LogP contribution in [-0.2, 0) is 22.8 Å². The SMILES string of the molecule is CCc1ncc(CNCC2CCCS2(=O)=O)s1. The predicted octanol–water partition coefficient (Wildman–Crippen LogP) is 1.37. The van der Waals surface area contributed by atoms with Gasteiger partial charge in [0.2, 0.25) is 0 Å². The fraction of sp³-hybridized carbons (Fsp3) is 0.727. The third kappa shape index (κ3) is 3.26. The summed E-state index contributed by atoms with van der Waals surface area (Å²) in [6, 6.07) is 0. The van der Waals surface area contributed by atoms with E-state index in [1.54, 1.807) is 11.3 Å². The Bertz CT molecular complexity index is 468. The van der Waals surface area contributed by atoms with Crippen molar-refractivity contribution in [3.63, 3.8) is 0 Å². The molecule has 1 aliphatic heterocycles. The molecule has 0 aliphatic carbocycles. The average Bonchev–Trinajstić information content (AvgIpc) is 2.86. The maximum Gasteiger partial charge on any atom is 0.154 e. The molecular weight excluding hydrogens is 256 g/mol. The van der Waals surface area contributed by atoms with Crippen molar-refractivity contribution in [2.75, 3.05) is 12.3 Å². The third-order valence-electron chi connectivity index (χ3n) is 3.04. The van der Waals surface area contributed by atoms with Crippen LogP contribution >= 0.6 is 11.3 Å². The molecule has 2 rings (SSSR count). The average molecular weight is 274 g/mol. The second kappa shape index (κ2) is 5.46. The Morgan fingerprint density at radius 1 is 1.59 bits per heavy atom. The lowest BCUT2D eigenvalue weighted by Crippen LogP contribution is -2.29. The van der Waals surface area contributed by atoms with E-state index in [-0.39, 0.29) is 5.25 Å². The molecule has 1 aliphatic rings. The van der Waals surface area contributed by atoms with Gasteiger partial charge >= 0.3 is 0 Å². The molecule has 0 bridgehead atoms. The lowest BCUT2D eigenvalue weighted by molar-refractivity contribution is 0.574. The van der Waals surface area contributed by atoms with Gasteiger partial charge in [-0.1, -0.05) is 6.92 Å². The molecular formula is C11H18N2O2S2. The Hall–Kier alpha value is -0.460. The van der Waals surface area contributed by atoms with Crippen molar-refractivity contribution in [2.45, 2.75) is 38.0 Å². The standard InChI is InChI=1S/C11H18N2O2S2/c1-2-11-13-7-9(16-11)6-12-8-10-4-3-5-17(10,14)15/h7,10,12H,2-6,8H2,1H3. The van der Waals surface area contributed by atoms with Crippen LogP contribution in [0.25, 0.3) is 0 Å². The van der Waals surface area contributed by atoms with Crippen molar-refractivity contribution in [1.29, 1.82) is 0 Å². The lowest BCUT2D eigenvalue weighted by atomic mass is 10.2. The molecule has 1 aromatic heterocycles. The van der Waals surface area contributed by atoms with Crippen LogP contribution in [0.2, 0.25) is 0 Å². The molecule has 0 saturated carbocycles. The molecule has 0 radical (unpaired) electrons. The zero-order valence-corrected chi connectivity index (χ0v) is 11.6. The minimum Gasteiger partial charge on any atom is -0.311 e. The van der Waals surface area contributed by atoms with Crippen LogP contribution in [0.1, 0.15) is 29.7 Å². The Morgan fingerprint density at radius 2 is 2.41 bits per heavy atom. The monoisotopic (exact) mass is 274 g/mol. The minimum absolute atomic E-state index is 0.180. The van der Waals surface area contributed by atoms with Crippen molar-refractivity contribution in [3.05, 3.63) is 16.1 Å². The van der Waals surface area contributed by atoms with E-state index in [9.17, 15) is 8.42 Å². The minimum atomic E-state index is -2.82. The first-order valence-electron chi connectivity index (χ1n) is 5.97. The maximum absolute atomic E-state index is 11.6. The summed E-state index contributed by atoms with van der Waals surface area (Å²) in [5, 5.41) is 4.18. The molecule has 4 nitrogen and oxygen atoms in total. The van der Waals surface area contributed by atoms with Crippen LogP contribution in [0.3, 0.4) is 0 Å². The number of hydrogen-bond donors (Lipinski definition) is 1. The van der Waals surface area contributed by atoms with Crippen molar-refractivity contribution in [1.82, 2.24) is 10.3 Å². The second-order valence-electron chi connectivity index (χ2n) is 4.34. The molecule has 17 heavy (non-hydrogen) atoms. The van der Waals surface area contributed by atoms with E-state index in [4.69, 9.17) is 0 Å². The van der Waals surface area contributed by atoms with E-state index in [1.807, 2.05) is 6.20 Å². The molecule has 1 atom stereocenters. The van der Waals surface area contributed by atoms with E-state index in [2.05, 4.69) is 17.2 Å². The van der Waals surface area contributed by atoms with Gasteiger partial charge in [0, 0.05) is 24.2 Å². The van der Waals surface area contributed by atoms with E-state index >= 15 is 0 Å². The first-order valence-corrected chi connectivity index (χ1v) is 8.51. The number of nitrogens with zero attached hydrogens (tertiary/aromatic N) is 1. The number of hydrogen-bond acceptors (Lipinski definition) is 5. The Labute approximate surface area is 106 Å². The summed E-state index contributed by atoms with van der Waals surface area (Å²) in [7, 11) is -2.82. The van der Waals surface area contributed by atoms with Crippen molar-refractivity contribution in [2.24, 2.45) is 0 Å². The molecule has 1 N–H and O–H groups in total. The van der Waals surface area contributed by atoms with Gasteiger partial charge in [-0.25, -0.2) is 13.4 Å². The summed E-state index contributed by atoms with van der Waals surface area (Å²) in [6.45, 7) is 3.38. The summed E-state index contributed by atoms with van der Waals surface area (Å²) < 4.78 is 23.2. The van der Waals surface area contributed by atoms with E-state index in [0.29, 0.717) is 12.3 Å². The molecule has 0 spiro atoms. The smallest absolute Gasteiger partial charge is 0.154 e. The van der Waals surface area contributed by atoms with Gasteiger partial charge in [0.05, 0.1) is 16.0 Å². The Morgan fingerprint density at radius 3 is 3.00 bits per heavy atom. The summed E-state index contributed by atoms with van der Waals surface area (Å²) in [6.07, 6.45) is 4.45. The number of rotatable bonds is 5. The zero-order chi connectivity index (χ0) is 12.3. The van der Waals surface area contributed by atoms with Gasteiger partial charge in [0.1, 0.15) is 0 Å². The lowest BCUT2D eigenvalue weighted by Gasteiger charge is -2.09. The fourth-order valence-electron chi connectivity index (χ4n) is 2.04. The quantitative estimate of drug-likeness (QED) is 0.881. The van der Waals surface area contributed by atoms with Crippen molar-refractivity contribution < 1.29 is 8.42 Å². The molecule has 2 heterocycles. The molecule has 96 valence electrons. The molecule has 1 unspecified atom stereocenters. The van der Waals surface area contributed by atoms with Gasteiger partial charge in [0.15, 0.2) is 9.84 Å². The van der Waals surface area contributed by atoms with Gasteiger partial charge in [-0.05, 0) is 19.3 Å². The second-order valence-corrected chi connectivity index (χ2v) is 7.94. The fourth-order valence-corrected chi connectivity index (χ4v) is 4.67. The van der Waals surface area contributed by atoms with Crippen LogP contribution in [0.5, 0.6) is 0 Å². The Balaban J connectivity index is 1.80. The van der Waals surface area contributed by atoms with Crippen molar-refractivity contribution >= 4 is 21.2 Å². The summed E-state index contributed by atoms with van der Waals surface area (Å²) >= 11 is 1.69. The Kier molecular flexibility index (Phi) is 4.17. The van der Waals surface area contributed by atoms with E-state index in [0.717, 1.165) is 30.8 Å². The normalized spacial score (nSPS) is 23.0. The molecule has 1 saturated heterocycles. The molecule has 6 heteroatoms. The number of nitrogens with one attached hydrogen (secondary N) is 1. The molecule has 0 aromatic carbocycles. The summed E-state index contributed by atoms with van der Waals surface area (Å²) in [5.74, 6) is 0.361. The summed E-state index contributed by atoms with van der Waals surface area (Å²) in [4.78, 5) is 5.45. The molecule has 1 aromatic rings. The van der Waals surface area contributed by atoms with Crippen LogP contribution in [0.4, 0.5) is 0 Å². The maximum atomic E-state index is 11.6. The van der Waals surface area contributed by atoms with Gasteiger partial charge in [0.25, 0.3) is 0 Å². The molecule has 1 fully saturated rings. The van der Waals surface area contributed by atoms with Crippen molar-refractivity contribution in [3.8, 4) is 0 Å². The predicted molar refractivity (Wildman–Crippen MR) is 70.0 cm³/mol. The highest BCUT2D eigenvalue weighted by molar-refractivity contribution is 7.92. The highest BCUT2D eigenvalue weighted by Crippen LogP contribution is 2.19. The molecule has 0 amide bonds. The highest BCUT2D eigenvalue weighted by Gasteiger charge is 2.30. The van der Waals surface area contributed by atoms with Gasteiger partial charge in [-0.2, -0.15) is 0 Å². The number of thiazole rings is 1.